The van der Waals surface area contributed by atoms with Crippen LogP contribution in [0.2, 0.25) is 0 Å². The maximum atomic E-state index is 12.5. The minimum absolute atomic E-state index is 0.0230. The molecule has 0 radical (unpaired) electrons. The molecule has 140 valence electrons. The van der Waals surface area contributed by atoms with Gasteiger partial charge in [-0.1, -0.05) is 23.4 Å². The lowest BCUT2D eigenvalue weighted by molar-refractivity contribution is -0.118. The molecule has 7 nitrogen and oxygen atoms in total. The van der Waals surface area contributed by atoms with Crippen molar-refractivity contribution in [3.63, 3.8) is 0 Å². The summed E-state index contributed by atoms with van der Waals surface area (Å²) in [7, 11) is 1.71. The summed E-state index contributed by atoms with van der Waals surface area (Å²) in [6.07, 6.45) is 0.491. The fourth-order valence-corrected chi connectivity index (χ4v) is 3.01. The van der Waals surface area contributed by atoms with Crippen LogP contribution >= 0.6 is 11.8 Å². The zero-order valence-electron chi connectivity index (χ0n) is 14.2. The third-order valence-electron chi connectivity index (χ3n) is 3.50. The molecule has 2 aromatic rings. The number of hydrogen-bond donors (Lipinski definition) is 1. The van der Waals surface area contributed by atoms with E-state index in [1.807, 2.05) is 0 Å². The van der Waals surface area contributed by atoms with Gasteiger partial charge >= 0.3 is 6.61 Å². The number of rotatable bonds is 9. The Morgan fingerprint density at radius 3 is 2.73 bits per heavy atom. The van der Waals surface area contributed by atoms with Crippen molar-refractivity contribution in [2.24, 2.45) is 12.8 Å². The molecule has 1 aromatic heterocycles. The van der Waals surface area contributed by atoms with Crippen LogP contribution in [0.4, 0.5) is 8.78 Å². The fourth-order valence-electron chi connectivity index (χ4n) is 2.19. The van der Waals surface area contributed by atoms with Gasteiger partial charge in [0.15, 0.2) is 10.9 Å². The van der Waals surface area contributed by atoms with Crippen molar-refractivity contribution in [2.75, 3.05) is 5.75 Å². The monoisotopic (exact) mass is 384 g/mol. The topological polar surface area (TPSA) is 100 Å². The minimum atomic E-state index is -3.01. The Balaban J connectivity index is 2.07. The van der Waals surface area contributed by atoms with E-state index in [-0.39, 0.29) is 29.3 Å². The SMILES string of the molecule is Cc1ccc(OC(F)F)c(C(=O)CSc2nnc(CCC(N)=O)n2C)c1. The van der Waals surface area contributed by atoms with Crippen LogP contribution in [0, 0.1) is 6.92 Å². The van der Waals surface area contributed by atoms with Gasteiger partial charge in [-0.25, -0.2) is 0 Å². The molecule has 10 heteroatoms. The lowest BCUT2D eigenvalue weighted by Crippen LogP contribution is -2.13. The summed E-state index contributed by atoms with van der Waals surface area (Å²) in [6, 6.07) is 4.45. The highest BCUT2D eigenvalue weighted by Crippen LogP contribution is 2.25. The predicted molar refractivity (Wildman–Crippen MR) is 91.4 cm³/mol. The van der Waals surface area contributed by atoms with Gasteiger partial charge in [0.25, 0.3) is 0 Å². The van der Waals surface area contributed by atoms with Gasteiger partial charge in [-0.3, -0.25) is 9.59 Å². The second-order valence-electron chi connectivity index (χ2n) is 5.51. The molecule has 0 saturated carbocycles. The number of Topliss-reactive ketones (excluding diaryl/α,β-unsaturated/α-hetero) is 1. The standard InChI is InChI=1S/C16H18F2N4O3S/c1-9-3-4-12(25-15(17)18)10(7-9)11(23)8-26-16-21-20-14(22(16)2)6-5-13(19)24/h3-4,7,15H,5-6,8H2,1-2H3,(H2,19,24). The van der Waals surface area contributed by atoms with E-state index in [4.69, 9.17) is 5.73 Å². The molecule has 1 heterocycles. The molecule has 0 aliphatic heterocycles. The summed E-state index contributed by atoms with van der Waals surface area (Å²) in [6.45, 7) is -1.26. The number of aromatic nitrogens is 3. The Kier molecular flexibility index (Phi) is 6.67. The van der Waals surface area contributed by atoms with E-state index in [2.05, 4.69) is 14.9 Å². The predicted octanol–water partition coefficient (Wildman–Crippen LogP) is 2.12. The summed E-state index contributed by atoms with van der Waals surface area (Å²) < 4.78 is 31.1. The molecule has 0 spiro atoms. The van der Waals surface area contributed by atoms with Gasteiger partial charge in [0.2, 0.25) is 5.91 Å². The summed E-state index contributed by atoms with van der Waals surface area (Å²) in [5, 5.41) is 8.40. The molecule has 0 fully saturated rings. The van der Waals surface area contributed by atoms with E-state index < -0.39 is 12.5 Å². The van der Waals surface area contributed by atoms with Crippen LogP contribution < -0.4 is 10.5 Å². The summed E-state index contributed by atoms with van der Waals surface area (Å²) in [5.74, 6) is -0.419. The lowest BCUT2D eigenvalue weighted by Gasteiger charge is -2.10. The first kappa shape index (κ1) is 19.8. The number of aryl methyl sites for hydroxylation is 2. The third-order valence-corrected chi connectivity index (χ3v) is 4.52. The van der Waals surface area contributed by atoms with Crippen LogP contribution in [-0.2, 0) is 18.3 Å². The highest BCUT2D eigenvalue weighted by molar-refractivity contribution is 7.99. The van der Waals surface area contributed by atoms with Crippen molar-refractivity contribution in [2.45, 2.75) is 31.5 Å². The van der Waals surface area contributed by atoms with Crippen LogP contribution in [-0.4, -0.2) is 38.8 Å². The number of hydrogen-bond acceptors (Lipinski definition) is 6. The maximum absolute atomic E-state index is 12.5. The van der Waals surface area contributed by atoms with E-state index in [1.54, 1.807) is 24.6 Å². The molecule has 0 saturated heterocycles. The Labute approximate surface area is 152 Å². The number of amides is 1. The third kappa shape index (κ3) is 5.25. The highest BCUT2D eigenvalue weighted by atomic mass is 32.2. The first-order valence-electron chi connectivity index (χ1n) is 7.66. The summed E-state index contributed by atoms with van der Waals surface area (Å²) in [4.78, 5) is 23.3. The maximum Gasteiger partial charge on any atom is 0.387 e. The van der Waals surface area contributed by atoms with E-state index in [0.717, 1.165) is 17.3 Å². The number of ether oxygens (including phenoxy) is 1. The number of benzene rings is 1. The van der Waals surface area contributed by atoms with Gasteiger partial charge in [0.05, 0.1) is 11.3 Å². The second kappa shape index (κ2) is 8.75. The average Bonchev–Trinajstić information content (AvgIpc) is 2.92. The van der Waals surface area contributed by atoms with Gasteiger partial charge in [-0.15, -0.1) is 10.2 Å². The Morgan fingerprint density at radius 2 is 2.08 bits per heavy atom. The largest absolute Gasteiger partial charge is 0.434 e. The Bertz CT molecular complexity index is 811. The molecule has 0 aliphatic carbocycles. The minimum Gasteiger partial charge on any atom is -0.434 e. The first-order valence-corrected chi connectivity index (χ1v) is 8.64. The van der Waals surface area contributed by atoms with E-state index in [0.29, 0.717) is 17.4 Å². The highest BCUT2D eigenvalue weighted by Gasteiger charge is 2.18. The molecular weight excluding hydrogens is 366 g/mol. The number of primary amides is 1. The molecule has 1 amide bonds. The van der Waals surface area contributed by atoms with E-state index in [1.165, 1.54) is 12.1 Å². The summed E-state index contributed by atoms with van der Waals surface area (Å²) >= 11 is 1.12. The zero-order chi connectivity index (χ0) is 19.3. The van der Waals surface area contributed by atoms with Crippen LogP contribution in [0.1, 0.15) is 28.2 Å². The molecule has 1 aromatic carbocycles. The van der Waals surface area contributed by atoms with Crippen molar-refractivity contribution in [1.29, 1.82) is 0 Å². The molecular formula is C16H18F2N4O3S. The van der Waals surface area contributed by atoms with Crippen molar-refractivity contribution in [1.82, 2.24) is 14.8 Å². The van der Waals surface area contributed by atoms with Crippen LogP contribution in [0.3, 0.4) is 0 Å². The average molecular weight is 384 g/mol. The van der Waals surface area contributed by atoms with Crippen molar-refractivity contribution < 1.29 is 23.1 Å². The number of nitrogens with zero attached hydrogens (tertiary/aromatic N) is 3. The normalized spacial score (nSPS) is 11.0. The number of carbonyl (C=O) groups is 2. The van der Waals surface area contributed by atoms with Gasteiger partial charge in [-0.2, -0.15) is 8.78 Å². The van der Waals surface area contributed by atoms with Crippen LogP contribution in [0.5, 0.6) is 5.75 Å². The first-order chi connectivity index (χ1) is 12.3. The van der Waals surface area contributed by atoms with Crippen LogP contribution in [0.25, 0.3) is 0 Å². The van der Waals surface area contributed by atoms with Gasteiger partial charge < -0.3 is 15.0 Å². The molecule has 2 N–H and O–H groups in total. The Morgan fingerprint density at radius 1 is 1.35 bits per heavy atom. The molecule has 0 atom stereocenters. The lowest BCUT2D eigenvalue weighted by atomic mass is 10.1. The molecule has 0 aliphatic rings. The second-order valence-corrected chi connectivity index (χ2v) is 6.46. The van der Waals surface area contributed by atoms with Crippen molar-refractivity contribution >= 4 is 23.5 Å². The van der Waals surface area contributed by atoms with Crippen molar-refractivity contribution in [3.05, 3.63) is 35.2 Å². The molecule has 0 bridgehead atoms. The number of thioether (sulfide) groups is 1. The van der Waals surface area contributed by atoms with Gasteiger partial charge in [0.1, 0.15) is 11.6 Å². The Hall–Kier alpha value is -2.49. The smallest absolute Gasteiger partial charge is 0.387 e. The number of carbonyl (C=O) groups excluding carboxylic acids is 2. The molecule has 26 heavy (non-hydrogen) atoms. The fraction of sp³-hybridized carbons (Fsp3) is 0.375. The quantitative estimate of drug-likeness (QED) is 0.525. The van der Waals surface area contributed by atoms with Gasteiger partial charge in [0, 0.05) is 19.9 Å². The number of nitrogens with two attached hydrogens (primary N) is 1. The van der Waals surface area contributed by atoms with E-state index >= 15 is 0 Å². The molecule has 2 rings (SSSR count). The zero-order valence-corrected chi connectivity index (χ0v) is 15.1. The number of halogens is 2. The van der Waals surface area contributed by atoms with Gasteiger partial charge in [-0.05, 0) is 19.1 Å². The van der Waals surface area contributed by atoms with E-state index in [9.17, 15) is 18.4 Å². The van der Waals surface area contributed by atoms with Crippen LogP contribution in [0.15, 0.2) is 23.4 Å². The van der Waals surface area contributed by atoms with Crippen molar-refractivity contribution in [3.8, 4) is 5.75 Å². The molecule has 0 unspecified atom stereocenters. The number of ketones is 1. The number of alkyl halides is 2. The summed E-state index contributed by atoms with van der Waals surface area (Å²) in [5.41, 5.74) is 5.96.